The predicted octanol–water partition coefficient (Wildman–Crippen LogP) is -1.83. The summed E-state index contributed by atoms with van der Waals surface area (Å²) in [7, 11) is 1.20. The number of carbonyl (C=O) groups excluding carboxylic acids is 2. The molecular formula is C8H17N3O4. The lowest BCUT2D eigenvalue weighted by molar-refractivity contribution is -0.159. The summed E-state index contributed by atoms with van der Waals surface area (Å²) in [6, 6.07) is -0.614. The van der Waals surface area contributed by atoms with Gasteiger partial charge in [0.1, 0.15) is 0 Å². The molecule has 0 saturated carbocycles. The molecule has 0 aliphatic rings. The summed E-state index contributed by atoms with van der Waals surface area (Å²) in [6.07, 6.45) is 0. The van der Waals surface area contributed by atoms with E-state index in [1.807, 2.05) is 0 Å². The maximum Gasteiger partial charge on any atom is 0.338 e. The Morgan fingerprint density at radius 3 is 2.53 bits per heavy atom. The van der Waals surface area contributed by atoms with Crippen LogP contribution in [0.3, 0.4) is 0 Å². The van der Waals surface area contributed by atoms with Gasteiger partial charge in [0.05, 0.1) is 7.11 Å². The number of hydrogen-bond donors (Lipinski definition) is 4. The lowest BCUT2D eigenvalue weighted by atomic mass is 10.1. The van der Waals surface area contributed by atoms with Crippen LogP contribution in [-0.4, -0.2) is 49.5 Å². The molecule has 0 rings (SSSR count). The molecule has 1 unspecified atom stereocenters. The molecule has 15 heavy (non-hydrogen) atoms. The van der Waals surface area contributed by atoms with E-state index in [0.29, 0.717) is 13.1 Å². The van der Waals surface area contributed by atoms with Crippen molar-refractivity contribution in [2.45, 2.75) is 12.5 Å². The molecule has 0 saturated heterocycles. The fraction of sp³-hybridized carbons (Fsp3) is 0.750. The van der Waals surface area contributed by atoms with E-state index in [9.17, 15) is 14.7 Å². The molecule has 0 fully saturated rings. The molecule has 0 heterocycles. The smallest absolute Gasteiger partial charge is 0.338 e. The topological polar surface area (TPSA) is 114 Å². The van der Waals surface area contributed by atoms with Gasteiger partial charge in [-0.05, 0) is 6.92 Å². The molecule has 7 heteroatoms. The van der Waals surface area contributed by atoms with Crippen molar-refractivity contribution in [3.05, 3.63) is 0 Å². The van der Waals surface area contributed by atoms with Crippen LogP contribution in [0.4, 0.5) is 4.79 Å². The zero-order chi connectivity index (χ0) is 11.9. The van der Waals surface area contributed by atoms with Crippen molar-refractivity contribution in [3.8, 4) is 0 Å². The van der Waals surface area contributed by atoms with E-state index < -0.39 is 17.6 Å². The summed E-state index contributed by atoms with van der Waals surface area (Å²) in [4.78, 5) is 21.3. The van der Waals surface area contributed by atoms with Crippen LogP contribution in [0.15, 0.2) is 0 Å². The molecule has 88 valence electrons. The molecule has 0 aromatic carbocycles. The van der Waals surface area contributed by atoms with E-state index in [0.717, 1.165) is 0 Å². The van der Waals surface area contributed by atoms with Crippen LogP contribution in [-0.2, 0) is 9.53 Å². The number of hydrogen-bond acceptors (Lipinski definition) is 5. The predicted molar refractivity (Wildman–Crippen MR) is 53.1 cm³/mol. The van der Waals surface area contributed by atoms with Gasteiger partial charge < -0.3 is 26.2 Å². The number of amides is 2. The molecule has 0 aliphatic carbocycles. The summed E-state index contributed by atoms with van der Waals surface area (Å²) < 4.78 is 4.39. The van der Waals surface area contributed by atoms with Crippen molar-refractivity contribution in [1.82, 2.24) is 10.6 Å². The maximum atomic E-state index is 11.0. The monoisotopic (exact) mass is 219 g/mol. The molecular weight excluding hydrogens is 202 g/mol. The molecule has 1 atom stereocenters. The third-order valence-electron chi connectivity index (χ3n) is 1.70. The first-order chi connectivity index (χ1) is 6.90. The summed E-state index contributed by atoms with van der Waals surface area (Å²) >= 11 is 0. The minimum Gasteiger partial charge on any atom is -0.467 e. The Labute approximate surface area is 88.0 Å². The second-order valence-corrected chi connectivity index (χ2v) is 3.23. The molecule has 0 aromatic heterocycles. The maximum absolute atomic E-state index is 11.0. The van der Waals surface area contributed by atoms with E-state index in [2.05, 4.69) is 15.4 Å². The van der Waals surface area contributed by atoms with Gasteiger partial charge >= 0.3 is 12.0 Å². The summed E-state index contributed by atoms with van der Waals surface area (Å²) in [5, 5.41) is 14.7. The largest absolute Gasteiger partial charge is 0.467 e. The normalized spacial score (nSPS) is 14.1. The van der Waals surface area contributed by atoms with Crippen LogP contribution < -0.4 is 16.4 Å². The molecule has 0 bridgehead atoms. The van der Waals surface area contributed by atoms with E-state index in [1.165, 1.54) is 14.0 Å². The van der Waals surface area contributed by atoms with Crippen molar-refractivity contribution < 1.29 is 19.4 Å². The van der Waals surface area contributed by atoms with Gasteiger partial charge in [-0.3, -0.25) is 0 Å². The average molecular weight is 219 g/mol. The van der Waals surface area contributed by atoms with Crippen LogP contribution in [0.5, 0.6) is 0 Å². The van der Waals surface area contributed by atoms with E-state index in [-0.39, 0.29) is 6.54 Å². The fourth-order valence-electron chi connectivity index (χ4n) is 0.898. The van der Waals surface area contributed by atoms with Gasteiger partial charge in [0.15, 0.2) is 5.60 Å². The second kappa shape index (κ2) is 6.20. The molecule has 7 nitrogen and oxygen atoms in total. The molecule has 2 amide bonds. The minimum absolute atomic E-state index is 0.0418. The van der Waals surface area contributed by atoms with Crippen LogP contribution in [0, 0.1) is 0 Å². The number of nitrogens with two attached hydrogens (primary N) is 1. The Hall–Kier alpha value is -1.34. The van der Waals surface area contributed by atoms with Crippen LogP contribution in [0.25, 0.3) is 0 Å². The highest BCUT2D eigenvalue weighted by Crippen LogP contribution is 2.02. The lowest BCUT2D eigenvalue weighted by Gasteiger charge is -2.20. The lowest BCUT2D eigenvalue weighted by Crippen LogP contribution is -2.47. The fourth-order valence-corrected chi connectivity index (χ4v) is 0.898. The SMILES string of the molecule is COC(=O)C(C)(O)CNCCNC(N)=O. The average Bonchev–Trinajstić information content (AvgIpc) is 2.15. The Bertz CT molecular complexity index is 230. The number of esters is 1. The standard InChI is InChI=1S/C8H17N3O4/c1-8(14,6(12)15-2)5-10-3-4-11-7(9)13/h10,14H,3-5H2,1-2H3,(H3,9,11,13). The van der Waals surface area contributed by atoms with Crippen molar-refractivity contribution in [2.75, 3.05) is 26.7 Å². The van der Waals surface area contributed by atoms with Gasteiger partial charge in [-0.2, -0.15) is 0 Å². The number of nitrogens with one attached hydrogen (secondary N) is 2. The van der Waals surface area contributed by atoms with Crippen molar-refractivity contribution >= 4 is 12.0 Å². The number of aliphatic hydroxyl groups is 1. The van der Waals surface area contributed by atoms with Crippen LogP contribution in [0.2, 0.25) is 0 Å². The summed E-state index contributed by atoms with van der Waals surface area (Å²) in [6.45, 7) is 2.11. The summed E-state index contributed by atoms with van der Waals surface area (Å²) in [5.74, 6) is -0.710. The van der Waals surface area contributed by atoms with E-state index in [1.54, 1.807) is 0 Å². The number of carbonyl (C=O) groups is 2. The van der Waals surface area contributed by atoms with Crippen molar-refractivity contribution in [1.29, 1.82) is 0 Å². The third-order valence-corrected chi connectivity index (χ3v) is 1.70. The van der Waals surface area contributed by atoms with Gasteiger partial charge in [0.25, 0.3) is 0 Å². The van der Waals surface area contributed by atoms with Gasteiger partial charge in [0, 0.05) is 19.6 Å². The quantitative estimate of drug-likeness (QED) is 0.310. The number of rotatable bonds is 6. The Morgan fingerprint density at radius 1 is 1.47 bits per heavy atom. The van der Waals surface area contributed by atoms with Gasteiger partial charge in [-0.15, -0.1) is 0 Å². The molecule has 0 aliphatic heterocycles. The van der Waals surface area contributed by atoms with Crippen molar-refractivity contribution in [3.63, 3.8) is 0 Å². The number of ether oxygens (including phenoxy) is 1. The first kappa shape index (κ1) is 13.7. The second-order valence-electron chi connectivity index (χ2n) is 3.23. The first-order valence-corrected chi connectivity index (χ1v) is 4.45. The molecule has 0 radical (unpaired) electrons. The van der Waals surface area contributed by atoms with E-state index >= 15 is 0 Å². The Balaban J connectivity index is 3.66. The molecule has 5 N–H and O–H groups in total. The minimum atomic E-state index is -1.57. The van der Waals surface area contributed by atoms with Gasteiger partial charge in [-0.1, -0.05) is 0 Å². The molecule has 0 aromatic rings. The molecule has 0 spiro atoms. The highest BCUT2D eigenvalue weighted by Gasteiger charge is 2.30. The number of urea groups is 1. The zero-order valence-corrected chi connectivity index (χ0v) is 8.87. The Kier molecular flexibility index (Phi) is 5.65. The highest BCUT2D eigenvalue weighted by atomic mass is 16.5. The van der Waals surface area contributed by atoms with Gasteiger partial charge in [-0.25, -0.2) is 9.59 Å². The van der Waals surface area contributed by atoms with Crippen molar-refractivity contribution in [2.24, 2.45) is 5.73 Å². The zero-order valence-electron chi connectivity index (χ0n) is 8.87. The van der Waals surface area contributed by atoms with Gasteiger partial charge in [0.2, 0.25) is 0 Å². The number of primary amides is 1. The van der Waals surface area contributed by atoms with E-state index in [4.69, 9.17) is 5.73 Å². The summed E-state index contributed by atoms with van der Waals surface area (Å²) in [5.41, 5.74) is 3.26. The third kappa shape index (κ3) is 5.87. The first-order valence-electron chi connectivity index (χ1n) is 4.45. The highest BCUT2D eigenvalue weighted by molar-refractivity contribution is 5.78. The number of methoxy groups -OCH3 is 1. The van der Waals surface area contributed by atoms with Crippen LogP contribution >= 0.6 is 0 Å². The van der Waals surface area contributed by atoms with Crippen LogP contribution in [0.1, 0.15) is 6.92 Å². The Morgan fingerprint density at radius 2 is 2.07 bits per heavy atom.